The first-order valence-corrected chi connectivity index (χ1v) is 10.4. The lowest BCUT2D eigenvalue weighted by Crippen LogP contribution is -2.43. The van der Waals surface area contributed by atoms with Crippen molar-refractivity contribution in [2.75, 3.05) is 13.7 Å². The lowest BCUT2D eigenvalue weighted by Gasteiger charge is -2.13. The van der Waals surface area contributed by atoms with E-state index >= 15 is 0 Å². The number of carbonyl (C=O) groups is 2. The SMILES string of the molecule is COc1ccc(C(=O)NNC(=O)COc2ccc(F)cc2)cc1S(=O)(=O)NC1CC1. The second kappa shape index (κ2) is 9.09. The number of carbonyl (C=O) groups excluding carboxylic acids is 2. The highest BCUT2D eigenvalue weighted by Gasteiger charge is 2.30. The average molecular weight is 437 g/mol. The number of ether oxygens (including phenoxy) is 2. The Balaban J connectivity index is 1.59. The zero-order valence-corrected chi connectivity index (χ0v) is 16.8. The van der Waals surface area contributed by atoms with E-state index in [0.717, 1.165) is 12.8 Å². The lowest BCUT2D eigenvalue weighted by atomic mass is 10.2. The summed E-state index contributed by atoms with van der Waals surface area (Å²) in [7, 11) is -2.53. The molecule has 0 heterocycles. The number of rotatable bonds is 8. The van der Waals surface area contributed by atoms with E-state index in [1.165, 1.54) is 49.6 Å². The zero-order chi connectivity index (χ0) is 21.7. The van der Waals surface area contributed by atoms with Gasteiger partial charge in [-0.3, -0.25) is 20.4 Å². The van der Waals surface area contributed by atoms with E-state index in [4.69, 9.17) is 9.47 Å². The Kier molecular flexibility index (Phi) is 6.53. The third-order valence-corrected chi connectivity index (χ3v) is 5.66. The van der Waals surface area contributed by atoms with Gasteiger partial charge in [-0.25, -0.2) is 17.5 Å². The fourth-order valence-electron chi connectivity index (χ4n) is 2.43. The third-order valence-electron chi connectivity index (χ3n) is 4.11. The van der Waals surface area contributed by atoms with Gasteiger partial charge in [0.05, 0.1) is 7.11 Å². The van der Waals surface area contributed by atoms with E-state index < -0.39 is 34.3 Å². The lowest BCUT2D eigenvalue weighted by molar-refractivity contribution is -0.123. The second-order valence-electron chi connectivity index (χ2n) is 6.51. The molecule has 1 fully saturated rings. The van der Waals surface area contributed by atoms with Crippen LogP contribution in [0.5, 0.6) is 11.5 Å². The molecule has 3 N–H and O–H groups in total. The van der Waals surface area contributed by atoms with Gasteiger partial charge in [0.25, 0.3) is 11.8 Å². The van der Waals surface area contributed by atoms with Gasteiger partial charge in [-0.05, 0) is 55.3 Å². The normalized spacial score (nSPS) is 13.4. The smallest absolute Gasteiger partial charge is 0.276 e. The van der Waals surface area contributed by atoms with Crippen molar-refractivity contribution in [1.82, 2.24) is 15.6 Å². The summed E-state index contributed by atoms with van der Waals surface area (Å²) in [4.78, 5) is 24.0. The first-order chi connectivity index (χ1) is 14.3. The molecule has 160 valence electrons. The standard InChI is InChI=1S/C19H20FN3O6S/c1-28-16-9-2-12(10-17(16)30(26,27)23-14-5-6-14)19(25)22-21-18(24)11-29-15-7-3-13(20)4-8-15/h2-4,7-10,14,23H,5-6,11H2,1H3,(H,21,24)(H,22,25). The van der Waals surface area contributed by atoms with Crippen LogP contribution in [-0.2, 0) is 14.8 Å². The molecule has 0 bridgehead atoms. The van der Waals surface area contributed by atoms with Gasteiger partial charge in [-0.1, -0.05) is 0 Å². The predicted molar refractivity (Wildman–Crippen MR) is 104 cm³/mol. The minimum absolute atomic E-state index is 0.00623. The fourth-order valence-corrected chi connectivity index (χ4v) is 3.93. The van der Waals surface area contributed by atoms with Gasteiger partial charge in [0, 0.05) is 11.6 Å². The molecule has 2 amide bonds. The van der Waals surface area contributed by atoms with Crippen LogP contribution in [0.1, 0.15) is 23.2 Å². The third kappa shape index (κ3) is 5.67. The van der Waals surface area contributed by atoms with E-state index in [9.17, 15) is 22.4 Å². The highest BCUT2D eigenvalue weighted by Crippen LogP contribution is 2.28. The number of halogens is 1. The average Bonchev–Trinajstić information content (AvgIpc) is 3.54. The van der Waals surface area contributed by atoms with Crippen LogP contribution in [0.3, 0.4) is 0 Å². The highest BCUT2D eigenvalue weighted by molar-refractivity contribution is 7.89. The molecule has 30 heavy (non-hydrogen) atoms. The monoisotopic (exact) mass is 437 g/mol. The van der Waals surface area contributed by atoms with Crippen LogP contribution in [-0.4, -0.2) is 40.0 Å². The van der Waals surface area contributed by atoms with Crippen molar-refractivity contribution in [3.05, 3.63) is 53.8 Å². The van der Waals surface area contributed by atoms with Crippen LogP contribution in [0.25, 0.3) is 0 Å². The van der Waals surface area contributed by atoms with Crippen molar-refractivity contribution >= 4 is 21.8 Å². The minimum Gasteiger partial charge on any atom is -0.495 e. The van der Waals surface area contributed by atoms with Gasteiger partial charge in [0.1, 0.15) is 22.2 Å². The van der Waals surface area contributed by atoms with Crippen LogP contribution < -0.4 is 25.0 Å². The number of sulfonamides is 1. The van der Waals surface area contributed by atoms with E-state index in [0.29, 0.717) is 0 Å². The number of nitrogens with one attached hydrogen (secondary N) is 3. The second-order valence-corrected chi connectivity index (χ2v) is 8.19. The first kappa shape index (κ1) is 21.5. The quantitative estimate of drug-likeness (QED) is 0.532. The largest absolute Gasteiger partial charge is 0.495 e. The Labute approximate surface area is 172 Å². The molecule has 9 nitrogen and oxygen atoms in total. The molecule has 0 aliphatic heterocycles. The molecule has 0 atom stereocenters. The van der Waals surface area contributed by atoms with Crippen LogP contribution >= 0.6 is 0 Å². The molecule has 2 aromatic rings. The van der Waals surface area contributed by atoms with E-state index in [2.05, 4.69) is 15.6 Å². The maximum Gasteiger partial charge on any atom is 0.276 e. The molecule has 1 aliphatic carbocycles. The zero-order valence-electron chi connectivity index (χ0n) is 16.0. The number of methoxy groups -OCH3 is 1. The van der Waals surface area contributed by atoms with Crippen LogP contribution in [0.15, 0.2) is 47.4 Å². The molecule has 0 aromatic heterocycles. The molecule has 11 heteroatoms. The molecule has 0 spiro atoms. The Morgan fingerprint density at radius 1 is 1.10 bits per heavy atom. The predicted octanol–water partition coefficient (Wildman–Crippen LogP) is 1.11. The van der Waals surface area contributed by atoms with E-state index in [-0.39, 0.29) is 28.0 Å². The maximum atomic E-state index is 12.8. The summed E-state index contributed by atoms with van der Waals surface area (Å²) in [5.74, 6) is -1.45. The number of benzene rings is 2. The van der Waals surface area contributed by atoms with Crippen molar-refractivity contribution in [3.8, 4) is 11.5 Å². The summed E-state index contributed by atoms with van der Waals surface area (Å²) >= 11 is 0. The molecule has 3 rings (SSSR count). The summed E-state index contributed by atoms with van der Waals surface area (Å²) in [5.41, 5.74) is 4.34. The summed E-state index contributed by atoms with van der Waals surface area (Å²) in [6.07, 6.45) is 1.52. The Bertz CT molecular complexity index is 1040. The van der Waals surface area contributed by atoms with Gasteiger partial charge in [-0.15, -0.1) is 0 Å². The van der Waals surface area contributed by atoms with Gasteiger partial charge in [0.2, 0.25) is 10.0 Å². The van der Waals surface area contributed by atoms with Gasteiger partial charge >= 0.3 is 0 Å². The highest BCUT2D eigenvalue weighted by atomic mass is 32.2. The summed E-state index contributed by atoms with van der Waals surface area (Å²) in [5, 5.41) is 0. The van der Waals surface area contributed by atoms with Crippen LogP contribution in [0, 0.1) is 5.82 Å². The Hall–Kier alpha value is -3.18. The summed E-state index contributed by atoms with van der Waals surface area (Å²) in [6.45, 7) is -0.417. The number of hydrogen-bond donors (Lipinski definition) is 3. The van der Waals surface area contributed by atoms with Gasteiger partial charge < -0.3 is 9.47 Å². The number of amides is 2. The fraction of sp³-hybridized carbons (Fsp3) is 0.263. The minimum atomic E-state index is -3.86. The van der Waals surface area contributed by atoms with Crippen LogP contribution in [0.4, 0.5) is 4.39 Å². The Morgan fingerprint density at radius 3 is 2.43 bits per heavy atom. The maximum absolute atomic E-state index is 12.8. The molecular formula is C19H20FN3O6S. The molecule has 0 radical (unpaired) electrons. The number of hydrogen-bond acceptors (Lipinski definition) is 6. The van der Waals surface area contributed by atoms with Crippen LogP contribution in [0.2, 0.25) is 0 Å². The van der Waals surface area contributed by atoms with Crippen molar-refractivity contribution in [3.63, 3.8) is 0 Å². The van der Waals surface area contributed by atoms with E-state index in [1.54, 1.807) is 0 Å². The van der Waals surface area contributed by atoms with Crippen molar-refractivity contribution < 1.29 is 31.9 Å². The molecule has 2 aromatic carbocycles. The van der Waals surface area contributed by atoms with Crippen molar-refractivity contribution in [1.29, 1.82) is 0 Å². The van der Waals surface area contributed by atoms with Crippen molar-refractivity contribution in [2.45, 2.75) is 23.8 Å². The van der Waals surface area contributed by atoms with E-state index in [1.807, 2.05) is 0 Å². The molecule has 1 saturated carbocycles. The molecule has 0 unspecified atom stereocenters. The number of hydrazine groups is 1. The molecule has 0 saturated heterocycles. The topological polar surface area (TPSA) is 123 Å². The van der Waals surface area contributed by atoms with Crippen molar-refractivity contribution in [2.24, 2.45) is 0 Å². The van der Waals surface area contributed by atoms with Gasteiger partial charge in [0.15, 0.2) is 6.61 Å². The summed E-state index contributed by atoms with van der Waals surface area (Å²) < 4.78 is 50.6. The first-order valence-electron chi connectivity index (χ1n) is 8.96. The molecular weight excluding hydrogens is 417 g/mol. The summed E-state index contributed by atoms with van der Waals surface area (Å²) in [6, 6.07) is 8.86. The molecule has 1 aliphatic rings. The van der Waals surface area contributed by atoms with Gasteiger partial charge in [-0.2, -0.15) is 0 Å². The Morgan fingerprint density at radius 2 is 1.80 bits per heavy atom.